The molecule has 6 heteroatoms. The molecule has 5 nitrogen and oxygen atoms in total. The van der Waals surface area contributed by atoms with Gasteiger partial charge in [0.1, 0.15) is 0 Å². The Kier molecular flexibility index (Phi) is 5.96. The molecule has 1 N–H and O–H groups in total. The van der Waals surface area contributed by atoms with Crippen LogP contribution in [0.15, 0.2) is 42.5 Å². The number of anilines is 1. The lowest BCUT2D eigenvalue weighted by atomic mass is 9.81. The highest BCUT2D eigenvalue weighted by Gasteiger charge is 2.54. The second-order valence-corrected chi connectivity index (χ2v) is 7.86. The summed E-state index contributed by atoms with van der Waals surface area (Å²) in [5, 5.41) is 11.9. The molecule has 0 unspecified atom stereocenters. The summed E-state index contributed by atoms with van der Waals surface area (Å²) in [7, 11) is 0. The standard InChI is InChI=1S/C22H26N2O3.ClH/c1-2-24(19-11-5-8-16-7-3-4-10-18(16)19)20(25)14-23-13-17-9-6-12-22(17,15-23)21(26)27;/h3-5,7-8,10-11,17H,2,6,9,12-15H2,1H3,(H,26,27);1H/t17-,22+;/m0./s1. The molecule has 4 rings (SSSR count). The molecule has 2 fully saturated rings. The Bertz CT molecular complexity index is 882. The van der Waals surface area contributed by atoms with E-state index in [2.05, 4.69) is 12.1 Å². The molecule has 0 spiro atoms. The van der Waals surface area contributed by atoms with Gasteiger partial charge in [-0.3, -0.25) is 14.5 Å². The highest BCUT2D eigenvalue weighted by Crippen LogP contribution is 2.48. The van der Waals surface area contributed by atoms with Gasteiger partial charge in [0, 0.05) is 25.0 Å². The summed E-state index contributed by atoms with van der Waals surface area (Å²) in [6.45, 7) is 4.06. The van der Waals surface area contributed by atoms with Gasteiger partial charge in [0.15, 0.2) is 0 Å². The minimum atomic E-state index is -0.693. The molecule has 2 atom stereocenters. The highest BCUT2D eigenvalue weighted by molar-refractivity contribution is 6.04. The molecule has 2 aromatic rings. The fourth-order valence-electron chi connectivity index (χ4n) is 5.06. The number of benzene rings is 2. The summed E-state index contributed by atoms with van der Waals surface area (Å²) in [5.74, 6) is -0.480. The average Bonchev–Trinajstić information content (AvgIpc) is 3.20. The number of likely N-dealkylation sites (tertiary alicyclic amines) is 1. The molecular weight excluding hydrogens is 376 g/mol. The molecule has 0 bridgehead atoms. The van der Waals surface area contributed by atoms with Crippen LogP contribution in [0.4, 0.5) is 5.69 Å². The fraction of sp³-hybridized carbons (Fsp3) is 0.455. The van der Waals surface area contributed by atoms with Gasteiger partial charge in [-0.1, -0.05) is 42.8 Å². The third-order valence-corrected chi connectivity index (χ3v) is 6.40. The molecule has 0 aromatic heterocycles. The number of hydrogen-bond acceptors (Lipinski definition) is 3. The molecule has 1 heterocycles. The summed E-state index contributed by atoms with van der Waals surface area (Å²) in [6.07, 6.45) is 2.67. The number of aliphatic carboxylic acids is 1. The highest BCUT2D eigenvalue weighted by atomic mass is 35.5. The third kappa shape index (κ3) is 3.38. The van der Waals surface area contributed by atoms with Gasteiger partial charge in [0.05, 0.1) is 17.6 Å². The van der Waals surface area contributed by atoms with Crippen LogP contribution in [0.3, 0.4) is 0 Å². The number of carbonyl (C=O) groups excluding carboxylic acids is 1. The predicted octanol–water partition coefficient (Wildman–Crippen LogP) is 3.80. The Morgan fingerprint density at radius 1 is 1.21 bits per heavy atom. The molecule has 1 saturated heterocycles. The molecule has 2 aromatic carbocycles. The van der Waals surface area contributed by atoms with E-state index in [1.807, 2.05) is 47.1 Å². The second-order valence-electron chi connectivity index (χ2n) is 7.86. The molecular formula is C22H27ClN2O3. The maximum atomic E-state index is 13.1. The SMILES string of the molecule is CCN(C(=O)CN1C[C@@H]2CCC[C@@]2(C(=O)O)C1)c1cccc2ccccc12.Cl. The average molecular weight is 403 g/mol. The summed E-state index contributed by atoms with van der Waals surface area (Å²) < 4.78 is 0. The lowest BCUT2D eigenvalue weighted by molar-refractivity contribution is -0.149. The zero-order chi connectivity index (χ0) is 19.0. The summed E-state index contributed by atoms with van der Waals surface area (Å²) in [5.41, 5.74) is 0.282. The van der Waals surface area contributed by atoms with Gasteiger partial charge in [-0.25, -0.2) is 0 Å². The number of carboxylic acids is 1. The van der Waals surface area contributed by atoms with Crippen LogP contribution in [-0.2, 0) is 9.59 Å². The summed E-state index contributed by atoms with van der Waals surface area (Å²) in [6, 6.07) is 14.1. The maximum Gasteiger partial charge on any atom is 0.311 e. The van der Waals surface area contributed by atoms with E-state index in [0.29, 0.717) is 19.6 Å². The van der Waals surface area contributed by atoms with Crippen LogP contribution in [-0.4, -0.2) is 48.1 Å². The number of fused-ring (bicyclic) bond motifs is 2. The number of nitrogens with zero attached hydrogens (tertiary/aromatic N) is 2. The van der Waals surface area contributed by atoms with Gasteiger partial charge in [0.25, 0.3) is 0 Å². The van der Waals surface area contributed by atoms with Gasteiger partial charge in [-0.05, 0) is 37.1 Å². The van der Waals surface area contributed by atoms with Crippen molar-refractivity contribution >= 4 is 40.7 Å². The second kappa shape index (κ2) is 8.10. The molecule has 1 amide bonds. The molecule has 0 radical (unpaired) electrons. The first kappa shape index (κ1) is 20.6. The van der Waals surface area contributed by atoms with Crippen molar-refractivity contribution in [3.63, 3.8) is 0 Å². The first-order chi connectivity index (χ1) is 13.0. The first-order valence-corrected chi connectivity index (χ1v) is 9.79. The van der Waals surface area contributed by atoms with E-state index >= 15 is 0 Å². The largest absolute Gasteiger partial charge is 0.481 e. The molecule has 1 aliphatic carbocycles. The summed E-state index contributed by atoms with van der Waals surface area (Å²) >= 11 is 0. The maximum absolute atomic E-state index is 13.1. The van der Waals surface area contributed by atoms with Crippen molar-refractivity contribution in [2.45, 2.75) is 26.2 Å². The Morgan fingerprint density at radius 2 is 1.96 bits per heavy atom. The topological polar surface area (TPSA) is 60.9 Å². The van der Waals surface area contributed by atoms with E-state index in [-0.39, 0.29) is 30.8 Å². The first-order valence-electron chi connectivity index (χ1n) is 9.79. The van der Waals surface area contributed by atoms with E-state index in [1.165, 1.54) is 0 Å². The normalized spacial score (nSPS) is 24.0. The number of carbonyl (C=O) groups is 2. The van der Waals surface area contributed by atoms with Crippen molar-refractivity contribution in [3.05, 3.63) is 42.5 Å². The lowest BCUT2D eigenvalue weighted by Gasteiger charge is -2.26. The fourth-order valence-corrected chi connectivity index (χ4v) is 5.06. The Hall–Kier alpha value is -2.11. The number of rotatable bonds is 5. The van der Waals surface area contributed by atoms with Gasteiger partial charge < -0.3 is 10.0 Å². The van der Waals surface area contributed by atoms with Crippen LogP contribution >= 0.6 is 12.4 Å². The van der Waals surface area contributed by atoms with Gasteiger partial charge in [0.2, 0.25) is 5.91 Å². The Balaban J connectivity index is 0.00000225. The zero-order valence-corrected chi connectivity index (χ0v) is 17.0. The van der Waals surface area contributed by atoms with E-state index in [9.17, 15) is 14.7 Å². The molecule has 2 aliphatic rings. The molecule has 1 aliphatic heterocycles. The number of likely N-dealkylation sites (N-methyl/N-ethyl adjacent to an activating group) is 1. The number of amides is 1. The van der Waals surface area contributed by atoms with Crippen LogP contribution < -0.4 is 4.90 Å². The van der Waals surface area contributed by atoms with Crippen LogP contribution in [0.25, 0.3) is 10.8 Å². The summed E-state index contributed by atoms with van der Waals surface area (Å²) in [4.78, 5) is 28.9. The smallest absolute Gasteiger partial charge is 0.311 e. The van der Waals surface area contributed by atoms with E-state index in [1.54, 1.807) is 0 Å². The Labute approximate surface area is 171 Å². The van der Waals surface area contributed by atoms with Crippen molar-refractivity contribution in [1.82, 2.24) is 4.90 Å². The van der Waals surface area contributed by atoms with E-state index in [0.717, 1.165) is 35.7 Å². The third-order valence-electron chi connectivity index (χ3n) is 6.40. The van der Waals surface area contributed by atoms with E-state index < -0.39 is 11.4 Å². The van der Waals surface area contributed by atoms with Gasteiger partial charge in [-0.2, -0.15) is 0 Å². The molecule has 28 heavy (non-hydrogen) atoms. The van der Waals surface area contributed by atoms with Gasteiger partial charge in [-0.15, -0.1) is 12.4 Å². The Morgan fingerprint density at radius 3 is 2.68 bits per heavy atom. The lowest BCUT2D eigenvalue weighted by Crippen LogP contribution is -2.41. The monoisotopic (exact) mass is 402 g/mol. The van der Waals surface area contributed by atoms with Crippen molar-refractivity contribution in [3.8, 4) is 0 Å². The molecule has 150 valence electrons. The van der Waals surface area contributed by atoms with Crippen LogP contribution in [0.2, 0.25) is 0 Å². The van der Waals surface area contributed by atoms with Crippen LogP contribution in [0.1, 0.15) is 26.2 Å². The minimum absolute atomic E-state index is 0. The number of halogens is 1. The van der Waals surface area contributed by atoms with Crippen molar-refractivity contribution < 1.29 is 14.7 Å². The van der Waals surface area contributed by atoms with Crippen LogP contribution in [0.5, 0.6) is 0 Å². The minimum Gasteiger partial charge on any atom is -0.481 e. The van der Waals surface area contributed by atoms with Crippen molar-refractivity contribution in [1.29, 1.82) is 0 Å². The van der Waals surface area contributed by atoms with E-state index in [4.69, 9.17) is 0 Å². The number of carboxylic acid groups (broad SMARTS) is 1. The van der Waals surface area contributed by atoms with Crippen LogP contribution in [0, 0.1) is 11.3 Å². The quantitative estimate of drug-likeness (QED) is 0.826. The van der Waals surface area contributed by atoms with Gasteiger partial charge >= 0.3 is 5.97 Å². The predicted molar refractivity (Wildman–Crippen MR) is 113 cm³/mol. The zero-order valence-electron chi connectivity index (χ0n) is 16.1. The molecule has 1 saturated carbocycles. The van der Waals surface area contributed by atoms with Crippen molar-refractivity contribution in [2.24, 2.45) is 11.3 Å². The number of hydrogen-bond donors (Lipinski definition) is 1. The van der Waals surface area contributed by atoms with Crippen molar-refractivity contribution in [2.75, 3.05) is 31.1 Å².